The average Bonchev–Trinajstić information content (AvgIpc) is 2.98. The predicted octanol–water partition coefficient (Wildman–Crippen LogP) is 1.72. The van der Waals surface area contributed by atoms with Crippen molar-refractivity contribution in [2.75, 3.05) is 18.1 Å². The van der Waals surface area contributed by atoms with Gasteiger partial charge in [0.15, 0.2) is 0 Å². The van der Waals surface area contributed by atoms with Crippen molar-refractivity contribution in [2.45, 2.75) is 30.9 Å². The molecular weight excluding hydrogens is 246 g/mol. The molecule has 2 aliphatic heterocycles. The van der Waals surface area contributed by atoms with Crippen LogP contribution in [0.2, 0.25) is 0 Å². The number of nitrogens with two attached hydrogens (primary N) is 1. The van der Waals surface area contributed by atoms with Gasteiger partial charge >= 0.3 is 0 Å². The lowest BCUT2D eigenvalue weighted by Crippen LogP contribution is -2.42. The van der Waals surface area contributed by atoms with Gasteiger partial charge in [-0.1, -0.05) is 0 Å². The first-order valence-electron chi connectivity index (χ1n) is 6.65. The number of hydrogen-bond donors (Lipinski definition) is 1. The summed E-state index contributed by atoms with van der Waals surface area (Å²) in [6.45, 7) is 0.853. The van der Waals surface area contributed by atoms with Crippen LogP contribution in [0.15, 0.2) is 12.3 Å². The van der Waals surface area contributed by atoms with Crippen LogP contribution in [0.25, 0.3) is 0 Å². The van der Waals surface area contributed by atoms with Crippen LogP contribution in [-0.2, 0) is 11.8 Å². The van der Waals surface area contributed by atoms with E-state index >= 15 is 0 Å². The van der Waals surface area contributed by atoms with Crippen molar-refractivity contribution in [1.29, 1.82) is 0 Å². The predicted molar refractivity (Wildman–Crippen MR) is 73.5 cm³/mol. The number of aromatic nitrogens is 2. The summed E-state index contributed by atoms with van der Waals surface area (Å²) < 4.78 is 7.87. The van der Waals surface area contributed by atoms with Gasteiger partial charge in [-0.05, 0) is 37.0 Å². The van der Waals surface area contributed by atoms with Gasteiger partial charge in [0.1, 0.15) is 0 Å². The Morgan fingerprint density at radius 3 is 3.22 bits per heavy atom. The fourth-order valence-electron chi connectivity index (χ4n) is 3.09. The third-order valence-corrected chi connectivity index (χ3v) is 5.40. The largest absolute Gasteiger partial charge is 0.374 e. The van der Waals surface area contributed by atoms with Gasteiger partial charge in [0.05, 0.1) is 17.3 Å². The van der Waals surface area contributed by atoms with Crippen LogP contribution in [0.5, 0.6) is 0 Å². The number of rotatable bonds is 2. The summed E-state index contributed by atoms with van der Waals surface area (Å²) in [5.41, 5.74) is 7.53. The lowest BCUT2D eigenvalue weighted by atomic mass is 9.80. The van der Waals surface area contributed by atoms with Crippen molar-refractivity contribution < 1.29 is 4.74 Å². The van der Waals surface area contributed by atoms with Crippen LogP contribution in [0.3, 0.4) is 0 Å². The second-order valence-corrected chi connectivity index (χ2v) is 6.63. The fraction of sp³-hybridized carbons (Fsp3) is 0.769. The van der Waals surface area contributed by atoms with Crippen LogP contribution < -0.4 is 5.73 Å². The van der Waals surface area contributed by atoms with E-state index < -0.39 is 0 Å². The van der Waals surface area contributed by atoms with Gasteiger partial charge in [0, 0.05) is 25.6 Å². The van der Waals surface area contributed by atoms with Gasteiger partial charge in [-0.15, -0.1) is 0 Å². The van der Waals surface area contributed by atoms with E-state index in [4.69, 9.17) is 10.5 Å². The maximum absolute atomic E-state index is 6.40. The monoisotopic (exact) mass is 267 g/mol. The molecule has 3 atom stereocenters. The lowest BCUT2D eigenvalue weighted by Gasteiger charge is -2.39. The first-order chi connectivity index (χ1) is 8.69. The summed E-state index contributed by atoms with van der Waals surface area (Å²) in [7, 11) is 1.94. The van der Waals surface area contributed by atoms with Gasteiger partial charge < -0.3 is 10.5 Å². The van der Waals surface area contributed by atoms with E-state index in [1.54, 1.807) is 0 Å². The molecule has 0 aromatic carbocycles. The minimum atomic E-state index is 0.0533. The van der Waals surface area contributed by atoms with Gasteiger partial charge in [0.25, 0.3) is 0 Å². The van der Waals surface area contributed by atoms with Crippen LogP contribution in [-0.4, -0.2) is 33.5 Å². The Morgan fingerprint density at radius 2 is 2.56 bits per heavy atom. The maximum atomic E-state index is 6.40. The third kappa shape index (κ3) is 2.31. The molecule has 0 radical (unpaired) electrons. The Bertz CT molecular complexity index is 414. The molecule has 2 N–H and O–H groups in total. The van der Waals surface area contributed by atoms with E-state index in [1.165, 1.54) is 12.2 Å². The van der Waals surface area contributed by atoms with Crippen LogP contribution in [0.1, 0.15) is 31.0 Å². The Morgan fingerprint density at radius 1 is 1.67 bits per heavy atom. The van der Waals surface area contributed by atoms with E-state index in [0.717, 1.165) is 30.9 Å². The molecule has 1 spiro atoms. The molecule has 100 valence electrons. The molecule has 0 aliphatic carbocycles. The molecular formula is C13H21N3OS. The molecule has 2 aliphatic rings. The van der Waals surface area contributed by atoms with Crippen molar-refractivity contribution >= 4 is 11.8 Å². The van der Waals surface area contributed by atoms with Crippen molar-refractivity contribution in [3.8, 4) is 0 Å². The number of hydrogen-bond acceptors (Lipinski definition) is 4. The number of ether oxygens (including phenoxy) is 1. The van der Waals surface area contributed by atoms with Crippen molar-refractivity contribution in [3.05, 3.63) is 18.0 Å². The average molecular weight is 267 g/mol. The SMILES string of the molecule is Cn1ccc(C(N)C2CCOC3(CCSC3)C2)n1. The highest BCUT2D eigenvalue weighted by atomic mass is 32.2. The lowest BCUT2D eigenvalue weighted by molar-refractivity contribution is -0.0836. The van der Waals surface area contributed by atoms with E-state index in [1.807, 2.05) is 35.8 Å². The number of aryl methyl sites for hydroxylation is 1. The van der Waals surface area contributed by atoms with Crippen molar-refractivity contribution in [2.24, 2.45) is 18.7 Å². The van der Waals surface area contributed by atoms with Crippen LogP contribution in [0.4, 0.5) is 0 Å². The van der Waals surface area contributed by atoms with Gasteiger partial charge in [-0.3, -0.25) is 4.68 Å². The zero-order valence-electron chi connectivity index (χ0n) is 10.8. The summed E-state index contributed by atoms with van der Waals surface area (Å²) in [5.74, 6) is 2.87. The zero-order valence-corrected chi connectivity index (χ0v) is 11.7. The Hall–Kier alpha value is -0.520. The Labute approximate surface area is 112 Å². The van der Waals surface area contributed by atoms with E-state index in [2.05, 4.69) is 5.10 Å². The Kier molecular flexibility index (Phi) is 3.38. The first-order valence-corrected chi connectivity index (χ1v) is 7.81. The minimum absolute atomic E-state index is 0.0533. The molecule has 4 nitrogen and oxygen atoms in total. The smallest absolute Gasteiger partial charge is 0.0794 e. The second-order valence-electron chi connectivity index (χ2n) is 5.53. The summed E-state index contributed by atoms with van der Waals surface area (Å²) >= 11 is 2.01. The van der Waals surface area contributed by atoms with Gasteiger partial charge in [0.2, 0.25) is 0 Å². The van der Waals surface area contributed by atoms with E-state index in [9.17, 15) is 0 Å². The highest BCUT2D eigenvalue weighted by molar-refractivity contribution is 7.99. The third-order valence-electron chi connectivity index (χ3n) is 4.18. The normalized spacial score (nSPS) is 34.0. The molecule has 3 unspecified atom stereocenters. The summed E-state index contributed by atoms with van der Waals surface area (Å²) in [6, 6.07) is 2.09. The van der Waals surface area contributed by atoms with E-state index in [-0.39, 0.29) is 11.6 Å². The summed E-state index contributed by atoms with van der Waals surface area (Å²) in [6.07, 6.45) is 5.31. The molecule has 0 bridgehead atoms. The topological polar surface area (TPSA) is 53.1 Å². The molecule has 0 amide bonds. The number of thioether (sulfide) groups is 1. The zero-order chi connectivity index (χ0) is 12.6. The molecule has 1 aromatic heterocycles. The second kappa shape index (κ2) is 4.87. The first kappa shape index (κ1) is 12.5. The Balaban J connectivity index is 1.72. The molecule has 0 saturated carbocycles. The standard InChI is InChI=1S/C13H21N3OS/c1-16-5-2-11(15-16)12(14)10-3-6-17-13(8-10)4-7-18-9-13/h2,5,10,12H,3-4,6-9,14H2,1H3. The minimum Gasteiger partial charge on any atom is -0.374 e. The molecule has 3 rings (SSSR count). The summed E-state index contributed by atoms with van der Waals surface area (Å²) in [5, 5.41) is 4.45. The van der Waals surface area contributed by atoms with Gasteiger partial charge in [-0.2, -0.15) is 16.9 Å². The number of nitrogens with zero attached hydrogens (tertiary/aromatic N) is 2. The van der Waals surface area contributed by atoms with Crippen molar-refractivity contribution in [3.63, 3.8) is 0 Å². The molecule has 3 heterocycles. The van der Waals surface area contributed by atoms with Crippen LogP contribution in [0, 0.1) is 5.92 Å². The fourth-order valence-corrected chi connectivity index (χ4v) is 4.47. The quantitative estimate of drug-likeness (QED) is 0.886. The molecule has 18 heavy (non-hydrogen) atoms. The van der Waals surface area contributed by atoms with Crippen molar-refractivity contribution in [1.82, 2.24) is 9.78 Å². The molecule has 2 fully saturated rings. The molecule has 5 heteroatoms. The highest BCUT2D eigenvalue weighted by Gasteiger charge is 2.42. The highest BCUT2D eigenvalue weighted by Crippen LogP contribution is 2.43. The molecule has 1 aromatic rings. The van der Waals surface area contributed by atoms with E-state index in [0.29, 0.717) is 5.92 Å². The summed E-state index contributed by atoms with van der Waals surface area (Å²) in [4.78, 5) is 0. The maximum Gasteiger partial charge on any atom is 0.0794 e. The van der Waals surface area contributed by atoms with Crippen LogP contribution >= 0.6 is 11.8 Å². The molecule has 2 saturated heterocycles. The van der Waals surface area contributed by atoms with Gasteiger partial charge in [-0.25, -0.2) is 0 Å².